The Bertz CT molecular complexity index is 2210. The lowest BCUT2D eigenvalue weighted by Gasteiger charge is -2.31. The standard InChI is InChI=1S/C43H53N9O10/c1-28(2)32-26-46-52-38(32)48-43(49-42(52)45-25-29-7-4-3-5-8-29)62-30-13-16-50(17-14-30)18-20-59-22-24-60-23-21-58-19-15-44-36(54)27-61-34-10-6-9-31-37(34)41(57)51(40(31)56)33-11-12-35(53)47-39(33)55/h3-10,26,28,30,33H,11-25,27H2,1-2H3,(H,44,54)(H,45,48,49)(H,47,53,55). The van der Waals surface area contributed by atoms with Gasteiger partial charge in [0.2, 0.25) is 17.8 Å². The second-order valence-electron chi connectivity index (χ2n) is 15.4. The van der Waals surface area contributed by atoms with Gasteiger partial charge in [0, 0.05) is 44.7 Å². The van der Waals surface area contributed by atoms with Gasteiger partial charge in [-0.15, -0.1) is 0 Å². The van der Waals surface area contributed by atoms with Crippen LogP contribution in [0, 0.1) is 0 Å². The van der Waals surface area contributed by atoms with Crippen LogP contribution in [0.15, 0.2) is 54.7 Å². The highest BCUT2D eigenvalue weighted by atomic mass is 16.5. The highest BCUT2D eigenvalue weighted by Crippen LogP contribution is 2.33. The normalized spacial score (nSPS) is 17.1. The molecule has 3 aliphatic rings. The molecule has 2 aromatic heterocycles. The zero-order valence-electron chi connectivity index (χ0n) is 35.0. The van der Waals surface area contributed by atoms with Crippen LogP contribution in [0.1, 0.15) is 77.3 Å². The average Bonchev–Trinajstić information content (AvgIpc) is 3.81. The molecule has 19 nitrogen and oxygen atoms in total. The Morgan fingerprint density at radius 3 is 2.35 bits per heavy atom. The Hall–Kier alpha value is -6.02. The van der Waals surface area contributed by atoms with Gasteiger partial charge in [-0.1, -0.05) is 50.2 Å². The van der Waals surface area contributed by atoms with E-state index in [0.29, 0.717) is 51.5 Å². The summed E-state index contributed by atoms with van der Waals surface area (Å²) < 4.78 is 30.6. The molecular weight excluding hydrogens is 803 g/mol. The summed E-state index contributed by atoms with van der Waals surface area (Å²) in [6.07, 6.45) is 3.62. The number of benzene rings is 2. The minimum absolute atomic E-state index is 0.00814. The number of nitrogens with one attached hydrogen (secondary N) is 3. The fraction of sp³-hybridized carbons (Fsp3) is 0.488. The molecule has 3 N–H and O–H groups in total. The summed E-state index contributed by atoms with van der Waals surface area (Å²) in [4.78, 5) is 75.2. The first kappa shape index (κ1) is 44.0. The van der Waals surface area contributed by atoms with Gasteiger partial charge >= 0.3 is 6.01 Å². The van der Waals surface area contributed by atoms with Gasteiger partial charge < -0.3 is 39.2 Å². The Balaban J connectivity index is 0.715. The Morgan fingerprint density at radius 2 is 1.61 bits per heavy atom. The fourth-order valence-corrected chi connectivity index (χ4v) is 7.42. The number of carbonyl (C=O) groups excluding carboxylic acids is 5. The van der Waals surface area contributed by atoms with E-state index in [1.54, 1.807) is 4.52 Å². The van der Waals surface area contributed by atoms with Crippen molar-refractivity contribution in [3.63, 3.8) is 0 Å². The zero-order valence-corrected chi connectivity index (χ0v) is 35.0. The summed E-state index contributed by atoms with van der Waals surface area (Å²) in [6.45, 7) is 9.68. The minimum Gasteiger partial charge on any atom is -0.483 e. The number of imide groups is 2. The van der Waals surface area contributed by atoms with E-state index in [1.165, 1.54) is 18.2 Å². The Kier molecular flexibility index (Phi) is 15.0. The quantitative estimate of drug-likeness (QED) is 0.0764. The maximum Gasteiger partial charge on any atom is 0.322 e. The van der Waals surface area contributed by atoms with Crippen molar-refractivity contribution in [2.45, 2.75) is 64.1 Å². The second-order valence-corrected chi connectivity index (χ2v) is 15.4. The van der Waals surface area contributed by atoms with Gasteiger partial charge in [-0.3, -0.25) is 34.2 Å². The molecule has 4 aromatic rings. The predicted octanol–water partition coefficient (Wildman–Crippen LogP) is 2.35. The van der Waals surface area contributed by atoms with E-state index < -0.39 is 42.2 Å². The van der Waals surface area contributed by atoms with Crippen LogP contribution >= 0.6 is 0 Å². The van der Waals surface area contributed by atoms with Gasteiger partial charge in [0.15, 0.2) is 12.3 Å². The lowest BCUT2D eigenvalue weighted by molar-refractivity contribution is -0.136. The van der Waals surface area contributed by atoms with Gasteiger partial charge in [0.1, 0.15) is 17.9 Å². The molecule has 0 radical (unpaired) electrons. The molecule has 0 aliphatic carbocycles. The van der Waals surface area contributed by atoms with E-state index in [1.807, 2.05) is 24.4 Å². The summed E-state index contributed by atoms with van der Waals surface area (Å²) in [7, 11) is 0. The first-order valence-corrected chi connectivity index (χ1v) is 21.1. The number of hydrogen-bond donors (Lipinski definition) is 3. The van der Waals surface area contributed by atoms with Crippen LogP contribution in [0.4, 0.5) is 5.95 Å². The molecule has 2 saturated heterocycles. The fourth-order valence-electron chi connectivity index (χ4n) is 7.42. The molecular formula is C43H53N9O10. The number of carbonyl (C=O) groups is 5. The number of amides is 5. The molecule has 5 heterocycles. The number of hydrogen-bond acceptors (Lipinski definition) is 15. The van der Waals surface area contributed by atoms with Gasteiger partial charge in [0.05, 0.1) is 57.0 Å². The van der Waals surface area contributed by atoms with Crippen molar-refractivity contribution in [3.05, 3.63) is 77.0 Å². The number of fused-ring (bicyclic) bond motifs is 2. The number of aromatic nitrogens is 4. The summed E-state index contributed by atoms with van der Waals surface area (Å²) in [5.74, 6) is -2.09. The van der Waals surface area contributed by atoms with Gasteiger partial charge in [0.25, 0.3) is 17.7 Å². The molecule has 62 heavy (non-hydrogen) atoms. The predicted molar refractivity (Wildman–Crippen MR) is 223 cm³/mol. The monoisotopic (exact) mass is 855 g/mol. The summed E-state index contributed by atoms with van der Waals surface area (Å²) in [5.41, 5.74) is 2.97. The number of rotatable bonds is 22. The zero-order chi connectivity index (χ0) is 43.4. The van der Waals surface area contributed by atoms with Crippen LogP contribution in [0.3, 0.4) is 0 Å². The molecule has 0 bridgehead atoms. The van der Waals surface area contributed by atoms with E-state index in [4.69, 9.17) is 33.7 Å². The number of nitrogens with zero attached hydrogens (tertiary/aromatic N) is 6. The summed E-state index contributed by atoms with van der Waals surface area (Å²) in [5, 5.41) is 12.8. The number of likely N-dealkylation sites (tertiary alicyclic amines) is 1. The van der Waals surface area contributed by atoms with Crippen molar-refractivity contribution >= 4 is 41.1 Å². The molecule has 7 rings (SSSR count). The Labute approximate surface area is 358 Å². The smallest absolute Gasteiger partial charge is 0.322 e. The van der Waals surface area contributed by atoms with Crippen molar-refractivity contribution in [1.82, 2.24) is 40.0 Å². The molecule has 0 spiro atoms. The Morgan fingerprint density at radius 1 is 0.871 bits per heavy atom. The largest absolute Gasteiger partial charge is 0.483 e. The summed E-state index contributed by atoms with van der Waals surface area (Å²) >= 11 is 0. The SMILES string of the molecule is CC(C)c1cnn2c(NCc3ccccc3)nc(OC3CCN(CCOCCOCCOCCNC(=O)COc4cccc5c4C(=O)N(C4CCC(=O)NC4=O)C5=O)CC3)nc12. The maximum atomic E-state index is 13.2. The first-order chi connectivity index (χ1) is 30.2. The number of ether oxygens (including phenoxy) is 5. The molecule has 19 heteroatoms. The van der Waals surface area contributed by atoms with Crippen molar-refractivity contribution in [2.24, 2.45) is 0 Å². The third-order valence-electron chi connectivity index (χ3n) is 10.8. The molecule has 0 saturated carbocycles. The van der Waals surface area contributed by atoms with Crippen LogP contribution in [-0.4, -0.2) is 143 Å². The van der Waals surface area contributed by atoms with Crippen molar-refractivity contribution < 1.29 is 47.7 Å². The van der Waals surface area contributed by atoms with E-state index in [2.05, 4.69) is 51.9 Å². The highest BCUT2D eigenvalue weighted by Gasteiger charge is 2.46. The van der Waals surface area contributed by atoms with Crippen LogP contribution < -0.4 is 25.4 Å². The highest BCUT2D eigenvalue weighted by molar-refractivity contribution is 6.24. The third-order valence-corrected chi connectivity index (χ3v) is 10.8. The van der Waals surface area contributed by atoms with Crippen molar-refractivity contribution in [3.8, 4) is 11.8 Å². The maximum absolute atomic E-state index is 13.2. The van der Waals surface area contributed by atoms with E-state index in [-0.39, 0.29) is 54.9 Å². The molecule has 1 atom stereocenters. The summed E-state index contributed by atoms with van der Waals surface area (Å²) in [6, 6.07) is 13.9. The van der Waals surface area contributed by atoms with Crippen molar-refractivity contribution in [2.75, 3.05) is 77.7 Å². The van der Waals surface area contributed by atoms with Crippen LogP contribution in [0.5, 0.6) is 11.8 Å². The van der Waals surface area contributed by atoms with Crippen LogP contribution in [-0.2, 0) is 35.1 Å². The van der Waals surface area contributed by atoms with E-state index in [9.17, 15) is 24.0 Å². The van der Waals surface area contributed by atoms with Crippen molar-refractivity contribution in [1.29, 1.82) is 0 Å². The van der Waals surface area contributed by atoms with Crippen LogP contribution in [0.2, 0.25) is 0 Å². The molecule has 1 unspecified atom stereocenters. The van der Waals surface area contributed by atoms with Crippen LogP contribution in [0.25, 0.3) is 5.65 Å². The average molecular weight is 856 g/mol. The lowest BCUT2D eigenvalue weighted by Crippen LogP contribution is -2.54. The first-order valence-electron chi connectivity index (χ1n) is 21.1. The second kappa shape index (κ2) is 21.2. The topological polar surface area (TPSA) is 217 Å². The molecule has 3 aliphatic heterocycles. The number of piperidine rings is 2. The van der Waals surface area contributed by atoms with E-state index in [0.717, 1.165) is 54.1 Å². The lowest BCUT2D eigenvalue weighted by atomic mass is 10.0. The molecule has 2 aromatic carbocycles. The molecule has 330 valence electrons. The van der Waals surface area contributed by atoms with Gasteiger partial charge in [-0.2, -0.15) is 19.6 Å². The van der Waals surface area contributed by atoms with Gasteiger partial charge in [-0.05, 0) is 42.9 Å². The third kappa shape index (κ3) is 11.1. The molecule has 2 fully saturated rings. The molecule has 5 amide bonds. The van der Waals surface area contributed by atoms with Gasteiger partial charge in [-0.25, -0.2) is 0 Å². The number of anilines is 1. The minimum atomic E-state index is -1.10. The van der Waals surface area contributed by atoms with E-state index >= 15 is 0 Å².